The van der Waals surface area contributed by atoms with Gasteiger partial charge in [0.1, 0.15) is 0 Å². The Morgan fingerprint density at radius 2 is 1.75 bits per heavy atom. The molecule has 1 fully saturated rings. The smallest absolute Gasteiger partial charge is 0.0406 e. The van der Waals surface area contributed by atoms with Gasteiger partial charge >= 0.3 is 0 Å². The van der Waals surface area contributed by atoms with E-state index < -0.39 is 0 Å². The van der Waals surface area contributed by atoms with Crippen molar-refractivity contribution in [2.45, 2.75) is 31.8 Å². The molecular formula is C13H19ClN2. The summed E-state index contributed by atoms with van der Waals surface area (Å²) in [5, 5.41) is 7.96. The van der Waals surface area contributed by atoms with E-state index in [1.165, 1.54) is 12.0 Å². The number of piperazine rings is 1. The zero-order valence-corrected chi connectivity index (χ0v) is 10.4. The molecule has 0 aliphatic carbocycles. The van der Waals surface area contributed by atoms with Crippen molar-refractivity contribution in [3.8, 4) is 0 Å². The summed E-state index contributed by atoms with van der Waals surface area (Å²) in [7, 11) is 0. The van der Waals surface area contributed by atoms with Crippen molar-refractivity contribution in [1.82, 2.24) is 10.6 Å². The average molecular weight is 239 g/mol. The summed E-state index contributed by atoms with van der Waals surface area (Å²) >= 11 is 5.86. The molecule has 0 unspecified atom stereocenters. The van der Waals surface area contributed by atoms with Crippen molar-refractivity contribution < 1.29 is 0 Å². The maximum Gasteiger partial charge on any atom is 0.0406 e. The van der Waals surface area contributed by atoms with Crippen LogP contribution in [0.25, 0.3) is 0 Å². The Kier molecular flexibility index (Phi) is 4.22. The average Bonchev–Trinajstić information content (AvgIpc) is 2.33. The molecule has 2 N–H and O–H groups in total. The first-order valence-corrected chi connectivity index (χ1v) is 6.37. The van der Waals surface area contributed by atoms with E-state index >= 15 is 0 Å². The van der Waals surface area contributed by atoms with E-state index in [1.54, 1.807) is 0 Å². The normalized spacial score (nSPS) is 25.6. The van der Waals surface area contributed by atoms with Crippen LogP contribution in [-0.4, -0.2) is 25.2 Å². The van der Waals surface area contributed by atoms with E-state index in [1.807, 2.05) is 12.1 Å². The number of hydrogen-bond donors (Lipinski definition) is 2. The predicted molar refractivity (Wildman–Crippen MR) is 69.0 cm³/mol. The molecule has 88 valence electrons. The second-order valence-electron chi connectivity index (χ2n) is 4.45. The van der Waals surface area contributed by atoms with Gasteiger partial charge in [0.25, 0.3) is 0 Å². The van der Waals surface area contributed by atoms with Gasteiger partial charge in [-0.25, -0.2) is 0 Å². The molecule has 2 nitrogen and oxygen atoms in total. The van der Waals surface area contributed by atoms with Crippen LogP contribution >= 0.6 is 11.6 Å². The molecule has 1 aliphatic rings. The van der Waals surface area contributed by atoms with E-state index in [-0.39, 0.29) is 0 Å². The van der Waals surface area contributed by atoms with Gasteiger partial charge in [0, 0.05) is 30.2 Å². The lowest BCUT2D eigenvalue weighted by Gasteiger charge is -2.30. The van der Waals surface area contributed by atoms with E-state index in [0.717, 1.165) is 24.5 Å². The van der Waals surface area contributed by atoms with Crippen LogP contribution in [0.4, 0.5) is 0 Å². The summed E-state index contributed by atoms with van der Waals surface area (Å²) in [6, 6.07) is 9.32. The molecule has 16 heavy (non-hydrogen) atoms. The highest BCUT2D eigenvalue weighted by Gasteiger charge is 2.18. The van der Waals surface area contributed by atoms with Crippen molar-refractivity contribution in [3.05, 3.63) is 34.9 Å². The van der Waals surface area contributed by atoms with Crippen molar-refractivity contribution in [3.63, 3.8) is 0 Å². The molecule has 0 amide bonds. The molecule has 1 heterocycles. The highest BCUT2D eigenvalue weighted by Crippen LogP contribution is 2.11. The summed E-state index contributed by atoms with van der Waals surface area (Å²) in [6.07, 6.45) is 2.27. The fourth-order valence-corrected chi connectivity index (χ4v) is 2.23. The molecule has 1 aliphatic heterocycles. The third kappa shape index (κ3) is 3.21. The number of benzene rings is 1. The van der Waals surface area contributed by atoms with Gasteiger partial charge < -0.3 is 10.6 Å². The van der Waals surface area contributed by atoms with Crippen LogP contribution < -0.4 is 10.6 Å². The topological polar surface area (TPSA) is 24.1 Å². The SMILES string of the molecule is CC[C@H]1CN[C@@H](Cc2ccc(Cl)cc2)CN1. The van der Waals surface area contributed by atoms with E-state index in [4.69, 9.17) is 11.6 Å². The van der Waals surface area contributed by atoms with Crippen molar-refractivity contribution >= 4 is 11.6 Å². The standard InChI is InChI=1S/C13H19ClN2/c1-2-12-8-16-13(9-15-12)7-10-3-5-11(14)6-4-10/h3-6,12-13,15-16H,2,7-9H2,1H3/t12-,13-/m0/s1. The molecule has 2 atom stereocenters. The molecular weight excluding hydrogens is 220 g/mol. The predicted octanol–water partition coefficient (Wildman–Crippen LogP) is 2.22. The number of nitrogens with one attached hydrogen (secondary N) is 2. The van der Waals surface area contributed by atoms with Crippen molar-refractivity contribution in [1.29, 1.82) is 0 Å². The van der Waals surface area contributed by atoms with Crippen LogP contribution in [0.5, 0.6) is 0 Å². The van der Waals surface area contributed by atoms with Crippen LogP contribution in [0.3, 0.4) is 0 Å². The quantitative estimate of drug-likeness (QED) is 0.844. The summed E-state index contributed by atoms with van der Waals surface area (Å²) in [5.41, 5.74) is 1.35. The second-order valence-corrected chi connectivity index (χ2v) is 4.89. The Hall–Kier alpha value is -0.570. The number of hydrogen-bond acceptors (Lipinski definition) is 2. The maximum absolute atomic E-state index is 5.86. The van der Waals surface area contributed by atoms with E-state index in [2.05, 4.69) is 29.7 Å². The summed E-state index contributed by atoms with van der Waals surface area (Å²) < 4.78 is 0. The van der Waals surface area contributed by atoms with Crippen LogP contribution in [0.15, 0.2) is 24.3 Å². The molecule has 0 saturated carbocycles. The highest BCUT2D eigenvalue weighted by molar-refractivity contribution is 6.30. The van der Waals surface area contributed by atoms with Crippen LogP contribution in [0, 0.1) is 0 Å². The minimum absolute atomic E-state index is 0.545. The fraction of sp³-hybridized carbons (Fsp3) is 0.538. The van der Waals surface area contributed by atoms with Gasteiger partial charge in [0.15, 0.2) is 0 Å². The van der Waals surface area contributed by atoms with Crippen LogP contribution in [-0.2, 0) is 6.42 Å². The minimum Gasteiger partial charge on any atom is -0.311 e. The lowest BCUT2D eigenvalue weighted by Crippen LogP contribution is -2.54. The van der Waals surface area contributed by atoms with Gasteiger partial charge in [-0.3, -0.25) is 0 Å². The Labute approximate surface area is 102 Å². The Morgan fingerprint density at radius 3 is 2.31 bits per heavy atom. The maximum atomic E-state index is 5.86. The van der Waals surface area contributed by atoms with Crippen LogP contribution in [0.2, 0.25) is 5.02 Å². The van der Waals surface area contributed by atoms with E-state index in [9.17, 15) is 0 Å². The van der Waals surface area contributed by atoms with E-state index in [0.29, 0.717) is 12.1 Å². The molecule has 1 aromatic carbocycles. The summed E-state index contributed by atoms with van der Waals surface area (Å²) in [4.78, 5) is 0. The van der Waals surface area contributed by atoms with Gasteiger partial charge in [-0.2, -0.15) is 0 Å². The van der Waals surface area contributed by atoms with Gasteiger partial charge in [0.05, 0.1) is 0 Å². The fourth-order valence-electron chi connectivity index (χ4n) is 2.10. The number of halogens is 1. The van der Waals surface area contributed by atoms with Gasteiger partial charge in [0.2, 0.25) is 0 Å². The van der Waals surface area contributed by atoms with Crippen LogP contribution in [0.1, 0.15) is 18.9 Å². The molecule has 1 aromatic rings. The van der Waals surface area contributed by atoms with Gasteiger partial charge in [-0.1, -0.05) is 30.7 Å². The largest absolute Gasteiger partial charge is 0.311 e. The van der Waals surface area contributed by atoms with Gasteiger partial charge in [-0.15, -0.1) is 0 Å². The second kappa shape index (κ2) is 5.67. The highest BCUT2D eigenvalue weighted by atomic mass is 35.5. The molecule has 2 rings (SSSR count). The molecule has 0 radical (unpaired) electrons. The van der Waals surface area contributed by atoms with Gasteiger partial charge in [-0.05, 0) is 30.5 Å². The third-order valence-electron chi connectivity index (χ3n) is 3.19. The Morgan fingerprint density at radius 1 is 1.12 bits per heavy atom. The lowest BCUT2D eigenvalue weighted by atomic mass is 10.0. The first kappa shape index (κ1) is 11.9. The molecule has 0 spiro atoms. The Bertz CT molecular complexity index is 315. The Balaban J connectivity index is 1.84. The zero-order chi connectivity index (χ0) is 11.4. The van der Waals surface area contributed by atoms with Crippen molar-refractivity contribution in [2.75, 3.05) is 13.1 Å². The first-order valence-electron chi connectivity index (χ1n) is 5.99. The molecule has 0 bridgehead atoms. The monoisotopic (exact) mass is 238 g/mol. The third-order valence-corrected chi connectivity index (χ3v) is 3.45. The van der Waals surface area contributed by atoms with Crippen molar-refractivity contribution in [2.24, 2.45) is 0 Å². The molecule has 3 heteroatoms. The minimum atomic E-state index is 0.545. The lowest BCUT2D eigenvalue weighted by molar-refractivity contribution is 0.338. The summed E-state index contributed by atoms with van der Waals surface area (Å²) in [6.45, 7) is 4.36. The number of rotatable bonds is 3. The zero-order valence-electron chi connectivity index (χ0n) is 9.67. The summed E-state index contributed by atoms with van der Waals surface area (Å²) in [5.74, 6) is 0. The first-order chi connectivity index (χ1) is 7.78. The molecule has 0 aromatic heterocycles. The molecule has 1 saturated heterocycles.